The van der Waals surface area contributed by atoms with Crippen LogP contribution >= 0.6 is 0 Å². The van der Waals surface area contributed by atoms with Gasteiger partial charge >= 0.3 is 0 Å². The summed E-state index contributed by atoms with van der Waals surface area (Å²) >= 11 is 0. The summed E-state index contributed by atoms with van der Waals surface area (Å²) in [6.07, 6.45) is 2.10. The minimum atomic E-state index is -2.21. The molecule has 132 valence electrons. The van der Waals surface area contributed by atoms with Gasteiger partial charge in [-0.3, -0.25) is 0 Å². The molecule has 25 heavy (non-hydrogen) atoms. The van der Waals surface area contributed by atoms with Crippen LogP contribution in [-0.4, -0.2) is 8.07 Å². The minimum Gasteiger partial charge on any atom is -0.119 e. The van der Waals surface area contributed by atoms with Gasteiger partial charge in [-0.1, -0.05) is 102 Å². The normalized spacial score (nSPS) is 12.4. The molecule has 0 saturated carbocycles. The highest BCUT2D eigenvalue weighted by molar-refractivity contribution is 7.10. The first-order chi connectivity index (χ1) is 11.7. The average molecular weight is 349 g/mol. The van der Waals surface area contributed by atoms with Gasteiger partial charge in [-0.2, -0.15) is 0 Å². The number of hydrogen-bond acceptors (Lipinski definition) is 0. The SMILES string of the molecule is CC(C)(C)CCC#C[Si](c1ccccc1)(c1ccccc1)C(C)(C)C. The van der Waals surface area contributed by atoms with Crippen LogP contribution < -0.4 is 10.4 Å². The fourth-order valence-corrected chi connectivity index (χ4v) is 7.88. The number of benzene rings is 2. The summed E-state index contributed by atoms with van der Waals surface area (Å²) in [7, 11) is -2.21. The first-order valence-electron chi connectivity index (χ1n) is 9.28. The highest BCUT2D eigenvalue weighted by Gasteiger charge is 2.46. The molecule has 0 fully saturated rings. The second-order valence-electron chi connectivity index (χ2n) is 9.09. The first kappa shape index (κ1) is 19.5. The maximum atomic E-state index is 3.87. The third-order valence-corrected chi connectivity index (χ3v) is 10.0. The molecule has 0 saturated heterocycles. The predicted octanol–water partition coefficient (Wildman–Crippen LogP) is 5.42. The van der Waals surface area contributed by atoms with Gasteiger partial charge in [0.2, 0.25) is 8.07 Å². The van der Waals surface area contributed by atoms with E-state index in [1.165, 1.54) is 10.4 Å². The Labute approximate surface area is 155 Å². The summed E-state index contributed by atoms with van der Waals surface area (Å²) in [6.45, 7) is 13.9. The fraction of sp³-hybridized carbons (Fsp3) is 0.417. The van der Waals surface area contributed by atoms with Crippen molar-refractivity contribution < 1.29 is 0 Å². The lowest BCUT2D eigenvalue weighted by molar-refractivity contribution is 0.384. The van der Waals surface area contributed by atoms with Crippen molar-refractivity contribution >= 4 is 18.4 Å². The highest BCUT2D eigenvalue weighted by Crippen LogP contribution is 2.35. The van der Waals surface area contributed by atoms with Crippen LogP contribution in [0.3, 0.4) is 0 Å². The van der Waals surface area contributed by atoms with Crippen molar-refractivity contribution in [1.82, 2.24) is 0 Å². The number of hydrogen-bond donors (Lipinski definition) is 0. The van der Waals surface area contributed by atoms with Crippen LogP contribution in [0.4, 0.5) is 0 Å². The van der Waals surface area contributed by atoms with E-state index in [1.54, 1.807) is 0 Å². The van der Waals surface area contributed by atoms with Crippen molar-refractivity contribution in [3.05, 3.63) is 60.7 Å². The Morgan fingerprint density at radius 1 is 0.720 bits per heavy atom. The molecule has 0 aliphatic carbocycles. The Kier molecular flexibility index (Phi) is 5.96. The van der Waals surface area contributed by atoms with Crippen LogP contribution in [0.25, 0.3) is 0 Å². The molecule has 2 rings (SSSR count). The van der Waals surface area contributed by atoms with Crippen molar-refractivity contribution in [1.29, 1.82) is 0 Å². The third kappa shape index (κ3) is 4.64. The summed E-state index contributed by atoms with van der Waals surface area (Å²) in [5, 5.41) is 2.94. The summed E-state index contributed by atoms with van der Waals surface area (Å²) < 4.78 is 0. The van der Waals surface area contributed by atoms with E-state index in [0.29, 0.717) is 5.41 Å². The van der Waals surface area contributed by atoms with E-state index in [9.17, 15) is 0 Å². The van der Waals surface area contributed by atoms with Gasteiger partial charge in [0.05, 0.1) is 0 Å². The molecule has 2 aromatic carbocycles. The molecular formula is C24H32Si. The maximum absolute atomic E-state index is 3.87. The summed E-state index contributed by atoms with van der Waals surface area (Å²) in [5.41, 5.74) is 4.20. The van der Waals surface area contributed by atoms with Crippen molar-refractivity contribution in [2.24, 2.45) is 5.41 Å². The van der Waals surface area contributed by atoms with Crippen molar-refractivity contribution in [2.75, 3.05) is 0 Å². The molecule has 0 atom stereocenters. The molecule has 0 radical (unpaired) electrons. The lowest BCUT2D eigenvalue weighted by Crippen LogP contribution is -2.63. The van der Waals surface area contributed by atoms with Gasteiger partial charge in [-0.15, -0.1) is 11.5 Å². The first-order valence-corrected chi connectivity index (χ1v) is 11.3. The Hall–Kier alpha value is -1.78. The molecule has 0 aliphatic heterocycles. The Balaban J connectivity index is 2.60. The smallest absolute Gasteiger partial charge is 0.119 e. The molecule has 0 amide bonds. The summed E-state index contributed by atoms with van der Waals surface area (Å²) in [4.78, 5) is 0. The largest absolute Gasteiger partial charge is 0.204 e. The Morgan fingerprint density at radius 2 is 1.16 bits per heavy atom. The molecule has 0 N–H and O–H groups in total. The molecule has 0 aliphatic rings. The minimum absolute atomic E-state index is 0.116. The molecule has 0 aromatic heterocycles. The third-order valence-electron chi connectivity index (χ3n) is 4.81. The molecule has 0 bridgehead atoms. The van der Waals surface area contributed by atoms with E-state index < -0.39 is 8.07 Å². The van der Waals surface area contributed by atoms with Gasteiger partial charge in [0, 0.05) is 6.42 Å². The van der Waals surface area contributed by atoms with Crippen molar-refractivity contribution in [3.8, 4) is 11.5 Å². The molecule has 0 nitrogen and oxygen atoms in total. The van der Waals surface area contributed by atoms with E-state index >= 15 is 0 Å². The van der Waals surface area contributed by atoms with E-state index in [1.807, 2.05) is 0 Å². The molecule has 2 aromatic rings. The van der Waals surface area contributed by atoms with Gasteiger partial charge in [-0.05, 0) is 27.2 Å². The van der Waals surface area contributed by atoms with Gasteiger partial charge in [-0.25, -0.2) is 0 Å². The second kappa shape index (κ2) is 7.62. The Bertz CT molecular complexity index is 679. The quantitative estimate of drug-likeness (QED) is 0.513. The van der Waals surface area contributed by atoms with E-state index in [-0.39, 0.29) is 5.04 Å². The zero-order chi connectivity index (χ0) is 18.6. The highest BCUT2D eigenvalue weighted by atomic mass is 28.3. The molecule has 0 unspecified atom stereocenters. The van der Waals surface area contributed by atoms with Gasteiger partial charge in [0.15, 0.2) is 0 Å². The van der Waals surface area contributed by atoms with Crippen LogP contribution in [0.1, 0.15) is 54.4 Å². The Morgan fingerprint density at radius 3 is 1.52 bits per heavy atom. The van der Waals surface area contributed by atoms with Crippen molar-refractivity contribution in [3.63, 3.8) is 0 Å². The second-order valence-corrected chi connectivity index (χ2v) is 13.5. The lowest BCUT2D eigenvalue weighted by atomic mass is 9.91. The molecule has 0 spiro atoms. The van der Waals surface area contributed by atoms with Crippen LogP contribution in [0.2, 0.25) is 5.04 Å². The summed E-state index contributed by atoms with van der Waals surface area (Å²) in [5.74, 6) is 3.60. The fourth-order valence-electron chi connectivity index (χ4n) is 3.37. The van der Waals surface area contributed by atoms with Gasteiger partial charge in [0.25, 0.3) is 0 Å². The summed E-state index contributed by atoms with van der Waals surface area (Å²) in [6, 6.07) is 21.9. The van der Waals surface area contributed by atoms with Crippen LogP contribution in [0.5, 0.6) is 0 Å². The topological polar surface area (TPSA) is 0 Å². The zero-order valence-corrected chi connectivity index (χ0v) is 17.7. The number of rotatable bonds is 3. The van der Waals surface area contributed by atoms with Crippen LogP contribution in [0.15, 0.2) is 60.7 Å². The van der Waals surface area contributed by atoms with Gasteiger partial charge in [0.1, 0.15) is 0 Å². The van der Waals surface area contributed by atoms with Gasteiger partial charge < -0.3 is 0 Å². The lowest BCUT2D eigenvalue weighted by Gasteiger charge is -2.39. The van der Waals surface area contributed by atoms with E-state index in [2.05, 4.69) is 114 Å². The molecular weight excluding hydrogens is 316 g/mol. The monoisotopic (exact) mass is 348 g/mol. The van der Waals surface area contributed by atoms with E-state index in [4.69, 9.17) is 0 Å². The van der Waals surface area contributed by atoms with Crippen LogP contribution in [-0.2, 0) is 0 Å². The standard InChI is InChI=1S/C24H32Si/c1-23(2,3)19-13-14-20-25(24(4,5)6,21-15-9-7-10-16-21)22-17-11-8-12-18-22/h7-12,15-18H,13,19H2,1-6H3. The predicted molar refractivity (Wildman–Crippen MR) is 114 cm³/mol. The molecule has 1 heteroatoms. The molecule has 0 heterocycles. The van der Waals surface area contributed by atoms with Crippen molar-refractivity contribution in [2.45, 2.75) is 59.4 Å². The zero-order valence-electron chi connectivity index (χ0n) is 16.7. The van der Waals surface area contributed by atoms with E-state index in [0.717, 1.165) is 12.8 Å². The van der Waals surface area contributed by atoms with Crippen LogP contribution in [0, 0.1) is 16.9 Å². The average Bonchev–Trinajstić information content (AvgIpc) is 2.54. The maximum Gasteiger partial charge on any atom is 0.204 e.